The number of benzene rings is 4. The van der Waals surface area contributed by atoms with Crippen molar-refractivity contribution in [1.29, 1.82) is 0 Å². The Morgan fingerprint density at radius 3 is 2.17 bits per heavy atom. The summed E-state index contributed by atoms with van der Waals surface area (Å²) in [7, 11) is -3.76. The summed E-state index contributed by atoms with van der Waals surface area (Å²) in [5.74, 6) is -0.0953. The molecule has 4 aromatic carbocycles. The summed E-state index contributed by atoms with van der Waals surface area (Å²) < 4.78 is 26.2. The third-order valence-corrected chi connectivity index (χ3v) is 7.95. The van der Waals surface area contributed by atoms with E-state index in [0.29, 0.717) is 31.1 Å². The van der Waals surface area contributed by atoms with Crippen LogP contribution in [0.2, 0.25) is 5.02 Å². The van der Waals surface area contributed by atoms with Crippen molar-refractivity contribution in [1.82, 2.24) is 4.90 Å². The minimum Gasteiger partial charge on any atom is -0.508 e. The first kappa shape index (κ1) is 25.9. The Morgan fingerprint density at radius 1 is 0.778 bits per heavy atom. The highest BCUT2D eigenvalue weighted by atomic mass is 35.5. The van der Waals surface area contributed by atoms with Crippen LogP contribution in [0.5, 0.6) is 5.75 Å². The van der Waals surface area contributed by atoms with E-state index in [4.69, 9.17) is 11.6 Å². The van der Waals surface area contributed by atoms with Crippen LogP contribution in [0.3, 0.4) is 0 Å². The fraction of sp³-hybridized carbons (Fsp3) is 0.172. The molecule has 0 aliphatic rings. The average molecular weight is 522 g/mol. The number of hydrogen-bond donors (Lipinski definition) is 2. The van der Waals surface area contributed by atoms with Crippen molar-refractivity contribution in [3.05, 3.63) is 125 Å². The summed E-state index contributed by atoms with van der Waals surface area (Å²) in [6.07, 6.45) is -0.122. The summed E-state index contributed by atoms with van der Waals surface area (Å²) in [5.41, 5.74) is 2.74. The Labute approximate surface area is 217 Å². The zero-order valence-corrected chi connectivity index (χ0v) is 21.2. The maximum absolute atomic E-state index is 13.1. The van der Waals surface area contributed by atoms with E-state index in [1.54, 1.807) is 30.3 Å². The molecule has 4 rings (SSSR count). The van der Waals surface area contributed by atoms with Gasteiger partial charge in [-0.25, -0.2) is 8.42 Å². The van der Waals surface area contributed by atoms with Gasteiger partial charge in [-0.3, -0.25) is 4.90 Å². The standard InChI is InChI=1S/C29H28ClNO4S/c30-25-11-5-10-24(18-25)29(33)21-31(20-23-7-2-1-3-8-23)16-15-22-9-4-13-27(17-22)36(34,35)28-14-6-12-26(32)19-28/h1-14,17-19,29,32-33H,15-16,20-21H2. The van der Waals surface area contributed by atoms with E-state index in [0.717, 1.165) is 16.7 Å². The normalized spacial score (nSPS) is 12.5. The van der Waals surface area contributed by atoms with Crippen molar-refractivity contribution in [2.24, 2.45) is 0 Å². The molecule has 5 nitrogen and oxygen atoms in total. The number of hydrogen-bond acceptors (Lipinski definition) is 5. The lowest BCUT2D eigenvalue weighted by atomic mass is 10.1. The Hall–Kier alpha value is -3.16. The molecule has 1 unspecified atom stereocenters. The van der Waals surface area contributed by atoms with Crippen molar-refractivity contribution in [3.63, 3.8) is 0 Å². The molecule has 4 aromatic rings. The SMILES string of the molecule is O=S(=O)(c1cccc(O)c1)c1cccc(CCN(Cc2ccccc2)CC(O)c2cccc(Cl)c2)c1. The summed E-state index contributed by atoms with van der Waals surface area (Å²) >= 11 is 6.11. The first-order chi connectivity index (χ1) is 17.3. The van der Waals surface area contributed by atoms with Crippen molar-refractivity contribution in [3.8, 4) is 5.75 Å². The van der Waals surface area contributed by atoms with E-state index in [1.807, 2.05) is 48.5 Å². The molecule has 186 valence electrons. The van der Waals surface area contributed by atoms with E-state index < -0.39 is 15.9 Å². The average Bonchev–Trinajstić information content (AvgIpc) is 2.88. The number of rotatable bonds is 10. The maximum Gasteiger partial charge on any atom is 0.206 e. The molecular formula is C29H28ClNO4S. The van der Waals surface area contributed by atoms with Gasteiger partial charge in [0.1, 0.15) is 5.75 Å². The molecule has 0 fully saturated rings. The van der Waals surface area contributed by atoms with Gasteiger partial charge in [0.05, 0.1) is 15.9 Å². The minimum absolute atomic E-state index is 0.0509. The zero-order valence-electron chi connectivity index (χ0n) is 19.7. The van der Waals surface area contributed by atoms with E-state index in [1.165, 1.54) is 24.3 Å². The molecule has 7 heteroatoms. The molecule has 0 amide bonds. The number of phenolic OH excluding ortho intramolecular Hbond substituents is 1. The van der Waals surface area contributed by atoms with Gasteiger partial charge >= 0.3 is 0 Å². The summed E-state index contributed by atoms with van der Waals surface area (Å²) in [6.45, 7) is 1.65. The van der Waals surface area contributed by atoms with Gasteiger partial charge in [0, 0.05) is 24.7 Å². The zero-order chi connectivity index (χ0) is 25.5. The molecule has 0 aliphatic heterocycles. The predicted octanol–water partition coefficient (Wildman–Crippen LogP) is 5.66. The van der Waals surface area contributed by atoms with Gasteiger partial charge in [-0.15, -0.1) is 0 Å². The molecule has 0 radical (unpaired) electrons. The Balaban J connectivity index is 1.52. The fourth-order valence-corrected chi connectivity index (χ4v) is 5.65. The van der Waals surface area contributed by atoms with E-state index in [9.17, 15) is 18.6 Å². The van der Waals surface area contributed by atoms with Gasteiger partial charge in [-0.2, -0.15) is 0 Å². The van der Waals surface area contributed by atoms with E-state index in [2.05, 4.69) is 4.90 Å². The lowest BCUT2D eigenvalue weighted by Gasteiger charge is -2.26. The van der Waals surface area contributed by atoms with Crippen LogP contribution in [0.25, 0.3) is 0 Å². The van der Waals surface area contributed by atoms with Crippen LogP contribution >= 0.6 is 11.6 Å². The predicted molar refractivity (Wildman–Crippen MR) is 142 cm³/mol. The van der Waals surface area contributed by atoms with Crippen LogP contribution in [-0.4, -0.2) is 36.6 Å². The largest absolute Gasteiger partial charge is 0.508 e. The highest BCUT2D eigenvalue weighted by molar-refractivity contribution is 7.91. The first-order valence-corrected chi connectivity index (χ1v) is 13.5. The molecule has 0 saturated heterocycles. The van der Waals surface area contributed by atoms with Crippen molar-refractivity contribution >= 4 is 21.4 Å². The second kappa shape index (κ2) is 11.7. The van der Waals surface area contributed by atoms with Crippen LogP contribution in [0, 0.1) is 0 Å². The van der Waals surface area contributed by atoms with Crippen molar-refractivity contribution in [2.75, 3.05) is 13.1 Å². The number of aliphatic hydroxyl groups is 1. The lowest BCUT2D eigenvalue weighted by molar-refractivity contribution is 0.109. The second-order valence-electron chi connectivity index (χ2n) is 8.69. The minimum atomic E-state index is -3.76. The molecule has 1 atom stereocenters. The molecule has 0 spiro atoms. The van der Waals surface area contributed by atoms with Gasteiger partial charge < -0.3 is 10.2 Å². The Kier molecular flexibility index (Phi) is 8.44. The van der Waals surface area contributed by atoms with Crippen LogP contribution in [0.1, 0.15) is 22.8 Å². The second-order valence-corrected chi connectivity index (χ2v) is 11.1. The van der Waals surface area contributed by atoms with Crippen LogP contribution in [0.15, 0.2) is 113 Å². The van der Waals surface area contributed by atoms with Crippen LogP contribution in [0.4, 0.5) is 0 Å². The van der Waals surface area contributed by atoms with Crippen molar-refractivity contribution in [2.45, 2.75) is 28.9 Å². The highest BCUT2D eigenvalue weighted by Crippen LogP contribution is 2.25. The summed E-state index contributed by atoms with van der Waals surface area (Å²) in [4.78, 5) is 2.38. The quantitative estimate of drug-likeness (QED) is 0.282. The number of halogens is 1. The number of aromatic hydroxyl groups is 1. The maximum atomic E-state index is 13.1. The molecule has 0 heterocycles. The van der Waals surface area contributed by atoms with E-state index >= 15 is 0 Å². The third kappa shape index (κ3) is 6.74. The third-order valence-electron chi connectivity index (χ3n) is 5.97. The van der Waals surface area contributed by atoms with Gasteiger partial charge in [0.15, 0.2) is 0 Å². The van der Waals surface area contributed by atoms with Gasteiger partial charge in [-0.05, 0) is 65.6 Å². The first-order valence-electron chi connectivity index (χ1n) is 11.6. The topological polar surface area (TPSA) is 77.8 Å². The van der Waals surface area contributed by atoms with E-state index in [-0.39, 0.29) is 15.5 Å². The highest BCUT2D eigenvalue weighted by Gasteiger charge is 2.19. The molecule has 2 N–H and O–H groups in total. The summed E-state index contributed by atoms with van der Waals surface area (Å²) in [5, 5.41) is 21.2. The van der Waals surface area contributed by atoms with Gasteiger partial charge in [-0.1, -0.05) is 72.3 Å². The number of sulfone groups is 1. The van der Waals surface area contributed by atoms with Crippen LogP contribution in [-0.2, 0) is 22.8 Å². The molecule has 0 aromatic heterocycles. The Morgan fingerprint density at radius 2 is 1.44 bits per heavy atom. The molecule has 0 aliphatic carbocycles. The Bertz CT molecular complexity index is 1410. The molecular weight excluding hydrogens is 494 g/mol. The molecule has 36 heavy (non-hydrogen) atoms. The number of aliphatic hydroxyl groups excluding tert-OH is 1. The number of phenols is 1. The monoisotopic (exact) mass is 521 g/mol. The van der Waals surface area contributed by atoms with Crippen LogP contribution < -0.4 is 0 Å². The smallest absolute Gasteiger partial charge is 0.206 e. The van der Waals surface area contributed by atoms with Gasteiger partial charge in [0.2, 0.25) is 9.84 Å². The fourth-order valence-electron chi connectivity index (χ4n) is 4.08. The molecule has 0 bridgehead atoms. The summed E-state index contributed by atoms with van der Waals surface area (Å²) in [6, 6.07) is 29.8. The van der Waals surface area contributed by atoms with Crippen molar-refractivity contribution < 1.29 is 18.6 Å². The van der Waals surface area contributed by atoms with Gasteiger partial charge in [0.25, 0.3) is 0 Å². The molecule has 0 saturated carbocycles. The number of nitrogens with zero attached hydrogens (tertiary/aromatic N) is 1. The lowest BCUT2D eigenvalue weighted by Crippen LogP contribution is -2.30.